The van der Waals surface area contributed by atoms with Gasteiger partial charge in [0.05, 0.1) is 22.8 Å². The van der Waals surface area contributed by atoms with E-state index in [0.29, 0.717) is 0 Å². The second kappa shape index (κ2) is 12.5. The fourth-order valence-corrected chi connectivity index (χ4v) is 8.95. The lowest BCUT2D eigenvalue weighted by molar-refractivity contribution is 0.653. The molecule has 1 aliphatic carbocycles. The molecule has 2 heteroatoms. The minimum absolute atomic E-state index is 0.0448. The van der Waals surface area contributed by atoms with Gasteiger partial charge < -0.3 is 4.57 Å². The Kier molecular flexibility index (Phi) is 7.40. The Morgan fingerprint density at radius 1 is 0.547 bits per heavy atom. The molecule has 0 bridgehead atoms. The molecule has 254 valence electrons. The Bertz CT molecular complexity index is 2730. The first-order chi connectivity index (χ1) is 26.0. The van der Waals surface area contributed by atoms with Crippen LogP contribution in [-0.2, 0) is 5.41 Å². The average molecular weight is 681 g/mol. The van der Waals surface area contributed by atoms with Crippen LogP contribution in [0.1, 0.15) is 60.5 Å². The number of rotatable bonds is 5. The van der Waals surface area contributed by atoms with Gasteiger partial charge in [0, 0.05) is 21.9 Å². The maximum atomic E-state index is 5.57. The number of hydrogen-bond acceptors (Lipinski definition) is 1. The van der Waals surface area contributed by atoms with Crippen molar-refractivity contribution in [2.45, 2.75) is 38.1 Å². The molecular weight excluding hydrogens is 641 g/mol. The van der Waals surface area contributed by atoms with Gasteiger partial charge in [-0.3, -0.25) is 4.99 Å². The summed E-state index contributed by atoms with van der Waals surface area (Å²) in [6, 6.07) is 62.1. The van der Waals surface area contributed by atoms with Crippen LogP contribution >= 0.6 is 0 Å². The van der Waals surface area contributed by atoms with Crippen LogP contribution < -0.4 is 0 Å². The number of nitrogens with zero attached hydrogens (tertiary/aromatic N) is 2. The molecule has 0 saturated heterocycles. The third-order valence-electron chi connectivity index (χ3n) is 11.6. The van der Waals surface area contributed by atoms with Crippen LogP contribution in [0.25, 0.3) is 55.3 Å². The summed E-state index contributed by atoms with van der Waals surface area (Å²) in [5.74, 6) is 0. The Morgan fingerprint density at radius 2 is 1.21 bits per heavy atom. The van der Waals surface area contributed by atoms with E-state index in [1.807, 2.05) is 0 Å². The first-order valence-corrected chi connectivity index (χ1v) is 18.8. The number of allylic oxidation sites excluding steroid dienone is 2. The van der Waals surface area contributed by atoms with E-state index in [1.165, 1.54) is 77.6 Å². The van der Waals surface area contributed by atoms with Gasteiger partial charge in [-0.1, -0.05) is 147 Å². The molecule has 2 aliphatic rings. The zero-order valence-corrected chi connectivity index (χ0v) is 30.1. The fourth-order valence-electron chi connectivity index (χ4n) is 8.95. The highest BCUT2D eigenvalue weighted by Crippen LogP contribution is 2.53. The molecule has 1 aromatic heterocycles. The fraction of sp³-hybridized carbons (Fsp3) is 0.118. The maximum absolute atomic E-state index is 5.57. The predicted molar refractivity (Wildman–Crippen MR) is 223 cm³/mol. The van der Waals surface area contributed by atoms with Gasteiger partial charge in [-0.15, -0.1) is 0 Å². The molecule has 1 aliphatic heterocycles. The Balaban J connectivity index is 1.07. The standard InChI is InChI=1S/C51H40N2/c1-51(2)44-23-14-22-42(46-29-26-38(34-15-6-3-7-16-34)33-47(52-46)35-17-8-4-9-18-35)50(44)41-28-25-37(32-45(41)51)36-27-30-49-43(31-36)40-21-12-13-24-48(40)53(49)39-19-10-5-11-20-39/h3-25,27-28,30-33,46H,26,29H2,1-2H3. The number of fused-ring (bicyclic) bond motifs is 6. The van der Waals surface area contributed by atoms with Gasteiger partial charge in [0.1, 0.15) is 0 Å². The Morgan fingerprint density at radius 3 is 2.00 bits per heavy atom. The minimum Gasteiger partial charge on any atom is -0.309 e. The van der Waals surface area contributed by atoms with Crippen LogP contribution in [0.3, 0.4) is 0 Å². The maximum Gasteiger partial charge on any atom is 0.0765 e. The summed E-state index contributed by atoms with van der Waals surface area (Å²) in [6.07, 6.45) is 4.25. The smallest absolute Gasteiger partial charge is 0.0765 e. The van der Waals surface area contributed by atoms with Gasteiger partial charge in [0.15, 0.2) is 0 Å². The highest BCUT2D eigenvalue weighted by atomic mass is 15.0. The van der Waals surface area contributed by atoms with Crippen molar-refractivity contribution in [2.24, 2.45) is 4.99 Å². The van der Waals surface area contributed by atoms with Crippen LogP contribution in [0.15, 0.2) is 181 Å². The number of benzene rings is 7. The van der Waals surface area contributed by atoms with Crippen LogP contribution in [0.5, 0.6) is 0 Å². The van der Waals surface area contributed by atoms with E-state index in [-0.39, 0.29) is 11.5 Å². The van der Waals surface area contributed by atoms with Crippen molar-refractivity contribution in [2.75, 3.05) is 0 Å². The zero-order chi connectivity index (χ0) is 35.5. The Labute approximate surface area is 311 Å². The molecule has 53 heavy (non-hydrogen) atoms. The average Bonchev–Trinajstić information content (AvgIpc) is 3.54. The van der Waals surface area contributed by atoms with Crippen molar-refractivity contribution in [3.8, 4) is 27.9 Å². The van der Waals surface area contributed by atoms with Gasteiger partial charge in [-0.2, -0.15) is 0 Å². The van der Waals surface area contributed by atoms with Crippen molar-refractivity contribution in [1.29, 1.82) is 0 Å². The second-order valence-corrected chi connectivity index (χ2v) is 15.0. The molecule has 0 saturated carbocycles. The molecule has 10 rings (SSSR count). The molecule has 2 nitrogen and oxygen atoms in total. The molecule has 0 amide bonds. The van der Waals surface area contributed by atoms with Crippen molar-refractivity contribution in [3.05, 3.63) is 204 Å². The van der Waals surface area contributed by atoms with Crippen LogP contribution in [-0.4, -0.2) is 10.3 Å². The molecule has 1 unspecified atom stereocenters. The Hall–Kier alpha value is -6.25. The first kappa shape index (κ1) is 31.5. The van der Waals surface area contributed by atoms with Crippen LogP contribution in [0.4, 0.5) is 0 Å². The topological polar surface area (TPSA) is 17.3 Å². The quantitative estimate of drug-likeness (QED) is 0.172. The minimum atomic E-state index is -0.145. The zero-order valence-electron chi connectivity index (χ0n) is 30.1. The van der Waals surface area contributed by atoms with Gasteiger partial charge in [-0.25, -0.2) is 0 Å². The summed E-state index contributed by atoms with van der Waals surface area (Å²) in [7, 11) is 0. The van der Waals surface area contributed by atoms with E-state index in [4.69, 9.17) is 4.99 Å². The highest BCUT2D eigenvalue weighted by Gasteiger charge is 2.38. The number of hydrogen-bond donors (Lipinski definition) is 0. The van der Waals surface area contributed by atoms with Gasteiger partial charge in [0.25, 0.3) is 0 Å². The first-order valence-electron chi connectivity index (χ1n) is 18.8. The third kappa shape index (κ3) is 5.20. The van der Waals surface area contributed by atoms with E-state index >= 15 is 0 Å². The molecule has 8 aromatic rings. The van der Waals surface area contributed by atoms with E-state index in [0.717, 1.165) is 24.1 Å². The number of aliphatic imine (C=N–C) groups is 1. The molecule has 0 spiro atoms. The lowest BCUT2D eigenvalue weighted by atomic mass is 9.81. The molecular formula is C51H40N2. The lowest BCUT2D eigenvalue weighted by Crippen LogP contribution is -2.15. The van der Waals surface area contributed by atoms with E-state index in [9.17, 15) is 0 Å². The van der Waals surface area contributed by atoms with Crippen molar-refractivity contribution in [1.82, 2.24) is 4.57 Å². The number of aromatic nitrogens is 1. The lowest BCUT2D eigenvalue weighted by Gasteiger charge is -2.23. The molecule has 7 aromatic carbocycles. The van der Waals surface area contributed by atoms with Crippen LogP contribution in [0.2, 0.25) is 0 Å². The van der Waals surface area contributed by atoms with Gasteiger partial charge in [-0.05, 0) is 111 Å². The second-order valence-electron chi connectivity index (χ2n) is 15.0. The summed E-state index contributed by atoms with van der Waals surface area (Å²) >= 11 is 0. The van der Waals surface area contributed by atoms with E-state index in [2.05, 4.69) is 194 Å². The van der Waals surface area contributed by atoms with Crippen molar-refractivity contribution in [3.63, 3.8) is 0 Å². The third-order valence-corrected chi connectivity index (χ3v) is 11.6. The summed E-state index contributed by atoms with van der Waals surface area (Å²) in [5.41, 5.74) is 17.6. The van der Waals surface area contributed by atoms with Gasteiger partial charge in [0.2, 0.25) is 0 Å². The van der Waals surface area contributed by atoms with E-state index in [1.54, 1.807) is 0 Å². The van der Waals surface area contributed by atoms with Crippen molar-refractivity contribution >= 4 is 33.1 Å². The normalized spacial score (nSPS) is 16.2. The van der Waals surface area contributed by atoms with Gasteiger partial charge >= 0.3 is 0 Å². The largest absolute Gasteiger partial charge is 0.309 e. The molecule has 1 atom stereocenters. The SMILES string of the molecule is CC1(C)c2cc(-c3ccc4c(c3)c3ccccc3n4-c3ccccc3)ccc2-c2c(C3CCC(c4ccccc4)=CC(c4ccccc4)=N3)cccc21. The summed E-state index contributed by atoms with van der Waals surface area (Å²) in [4.78, 5) is 5.57. The van der Waals surface area contributed by atoms with E-state index < -0.39 is 0 Å². The summed E-state index contributed by atoms with van der Waals surface area (Å²) in [5, 5.41) is 2.55. The monoisotopic (exact) mass is 680 g/mol. The molecule has 0 N–H and O–H groups in total. The highest BCUT2D eigenvalue weighted by molar-refractivity contribution is 6.13. The predicted octanol–water partition coefficient (Wildman–Crippen LogP) is 13.2. The van der Waals surface area contributed by atoms with Crippen molar-refractivity contribution < 1.29 is 0 Å². The summed E-state index contributed by atoms with van der Waals surface area (Å²) in [6.45, 7) is 4.78. The number of para-hydroxylation sites is 2. The molecule has 0 fully saturated rings. The molecule has 2 heterocycles. The molecule has 0 radical (unpaired) electrons. The summed E-state index contributed by atoms with van der Waals surface area (Å²) < 4.78 is 2.38. The van der Waals surface area contributed by atoms with Crippen LogP contribution in [0, 0.1) is 0 Å².